The normalized spacial score (nSPS) is 11.1. The third-order valence-corrected chi connectivity index (χ3v) is 2.82. The molecule has 0 saturated heterocycles. The molecule has 0 radical (unpaired) electrons. The Bertz CT molecular complexity index is 537. The second-order valence-corrected chi connectivity index (χ2v) is 5.20. The highest BCUT2D eigenvalue weighted by Crippen LogP contribution is 2.09. The lowest BCUT2D eigenvalue weighted by Gasteiger charge is -2.04. The van der Waals surface area contributed by atoms with Gasteiger partial charge in [-0.15, -0.1) is 0 Å². The molecule has 0 saturated carbocycles. The maximum Gasteiger partial charge on any atom is 0.210 e. The maximum absolute atomic E-state index is 13.0. The van der Waals surface area contributed by atoms with Crippen molar-refractivity contribution in [1.82, 2.24) is 5.32 Å². The molecule has 0 aliphatic carbocycles. The Labute approximate surface area is 99.1 Å². The second-order valence-electron chi connectivity index (χ2n) is 3.47. The first-order chi connectivity index (χ1) is 7.92. The number of benzene rings is 1. The SMILES string of the molecule is N#Cc1cc(CNCCS(N)(=O)=O)ccc1F. The summed E-state index contributed by atoms with van der Waals surface area (Å²) in [5.74, 6) is -0.736. The molecular weight excluding hydrogens is 245 g/mol. The van der Waals surface area contributed by atoms with Gasteiger partial charge >= 0.3 is 0 Å². The fraction of sp³-hybridized carbons (Fsp3) is 0.300. The van der Waals surface area contributed by atoms with E-state index in [2.05, 4.69) is 5.32 Å². The summed E-state index contributed by atoms with van der Waals surface area (Å²) in [5.41, 5.74) is 0.674. The second kappa shape index (κ2) is 5.72. The summed E-state index contributed by atoms with van der Waals surface area (Å²) in [5, 5.41) is 16.3. The van der Waals surface area contributed by atoms with Crippen LogP contribution < -0.4 is 10.5 Å². The number of nitriles is 1. The molecule has 0 aliphatic heterocycles. The first-order valence-corrected chi connectivity index (χ1v) is 6.53. The first kappa shape index (κ1) is 13.6. The van der Waals surface area contributed by atoms with Crippen LogP contribution in [-0.4, -0.2) is 20.7 Å². The zero-order valence-electron chi connectivity index (χ0n) is 8.98. The standard InChI is InChI=1S/C10H12FN3O2S/c11-10-2-1-8(5-9(10)6-12)7-14-3-4-17(13,15)16/h1-2,5,14H,3-4,7H2,(H2,13,15,16). The molecule has 0 atom stereocenters. The van der Waals surface area contributed by atoms with Crippen molar-refractivity contribution in [2.75, 3.05) is 12.3 Å². The van der Waals surface area contributed by atoms with Crippen LogP contribution in [0.4, 0.5) is 4.39 Å². The molecule has 1 aromatic rings. The smallest absolute Gasteiger partial charge is 0.210 e. The summed E-state index contributed by atoms with van der Waals surface area (Å²) in [4.78, 5) is 0. The first-order valence-electron chi connectivity index (χ1n) is 4.82. The predicted molar refractivity (Wildman–Crippen MR) is 60.8 cm³/mol. The fourth-order valence-corrected chi connectivity index (χ4v) is 1.64. The molecule has 92 valence electrons. The van der Waals surface area contributed by atoms with E-state index in [4.69, 9.17) is 10.4 Å². The Balaban J connectivity index is 2.51. The number of hydrogen-bond acceptors (Lipinski definition) is 4. The number of nitrogens with one attached hydrogen (secondary N) is 1. The number of hydrogen-bond donors (Lipinski definition) is 2. The Morgan fingerprint density at radius 2 is 2.18 bits per heavy atom. The summed E-state index contributed by atoms with van der Waals surface area (Å²) in [7, 11) is -3.47. The van der Waals surface area contributed by atoms with Crippen LogP contribution in [0.15, 0.2) is 18.2 Å². The van der Waals surface area contributed by atoms with Gasteiger partial charge in [0.2, 0.25) is 10.0 Å². The van der Waals surface area contributed by atoms with Crippen molar-refractivity contribution >= 4 is 10.0 Å². The summed E-state index contributed by atoms with van der Waals surface area (Å²) >= 11 is 0. The summed E-state index contributed by atoms with van der Waals surface area (Å²) in [6.45, 7) is 0.558. The van der Waals surface area contributed by atoms with E-state index in [1.54, 1.807) is 6.07 Å². The zero-order valence-corrected chi connectivity index (χ0v) is 9.80. The Morgan fingerprint density at radius 1 is 1.47 bits per heavy atom. The van der Waals surface area contributed by atoms with Crippen LogP contribution in [0.3, 0.4) is 0 Å². The molecule has 17 heavy (non-hydrogen) atoms. The minimum atomic E-state index is -3.47. The lowest BCUT2D eigenvalue weighted by Crippen LogP contribution is -2.26. The van der Waals surface area contributed by atoms with Gasteiger partial charge in [-0.2, -0.15) is 5.26 Å². The largest absolute Gasteiger partial charge is 0.312 e. The van der Waals surface area contributed by atoms with Gasteiger partial charge in [0.05, 0.1) is 11.3 Å². The van der Waals surface area contributed by atoms with Crippen LogP contribution >= 0.6 is 0 Å². The molecule has 7 heteroatoms. The van der Waals surface area contributed by atoms with E-state index in [9.17, 15) is 12.8 Å². The van der Waals surface area contributed by atoms with Crippen molar-refractivity contribution in [3.63, 3.8) is 0 Å². The lowest BCUT2D eigenvalue weighted by atomic mass is 10.1. The maximum atomic E-state index is 13.0. The molecule has 0 heterocycles. The van der Waals surface area contributed by atoms with Crippen LogP contribution in [0.25, 0.3) is 0 Å². The minimum absolute atomic E-state index is 0.0317. The van der Waals surface area contributed by atoms with Gasteiger partial charge in [0.1, 0.15) is 11.9 Å². The van der Waals surface area contributed by atoms with Crippen molar-refractivity contribution in [1.29, 1.82) is 5.26 Å². The molecule has 0 bridgehead atoms. The molecule has 0 unspecified atom stereocenters. The number of rotatable bonds is 5. The highest BCUT2D eigenvalue weighted by molar-refractivity contribution is 7.89. The van der Waals surface area contributed by atoms with E-state index in [-0.39, 0.29) is 17.9 Å². The van der Waals surface area contributed by atoms with Gasteiger partial charge in [0.25, 0.3) is 0 Å². The van der Waals surface area contributed by atoms with Crippen molar-refractivity contribution in [2.45, 2.75) is 6.54 Å². The summed E-state index contributed by atoms with van der Waals surface area (Å²) in [6.07, 6.45) is 0. The van der Waals surface area contributed by atoms with E-state index in [0.717, 1.165) is 0 Å². The zero-order chi connectivity index (χ0) is 12.9. The lowest BCUT2D eigenvalue weighted by molar-refractivity contribution is 0.592. The van der Waals surface area contributed by atoms with Crippen LogP contribution in [0, 0.1) is 17.1 Å². The van der Waals surface area contributed by atoms with Gasteiger partial charge < -0.3 is 5.32 Å². The van der Waals surface area contributed by atoms with Crippen LogP contribution in [0.1, 0.15) is 11.1 Å². The van der Waals surface area contributed by atoms with Crippen LogP contribution in [-0.2, 0) is 16.6 Å². The van der Waals surface area contributed by atoms with Gasteiger partial charge in [-0.05, 0) is 17.7 Å². The molecule has 1 aromatic carbocycles. The Kier molecular flexibility index (Phi) is 4.57. The summed E-state index contributed by atoms with van der Waals surface area (Å²) in [6, 6.07) is 5.88. The number of nitrogens with zero attached hydrogens (tertiary/aromatic N) is 1. The topological polar surface area (TPSA) is 96.0 Å². The van der Waals surface area contributed by atoms with Gasteiger partial charge in [-0.3, -0.25) is 0 Å². The van der Waals surface area contributed by atoms with Gasteiger partial charge in [-0.25, -0.2) is 17.9 Å². The highest BCUT2D eigenvalue weighted by Gasteiger charge is 2.04. The van der Waals surface area contributed by atoms with E-state index in [0.29, 0.717) is 12.1 Å². The molecule has 0 amide bonds. The van der Waals surface area contributed by atoms with Gasteiger partial charge in [0, 0.05) is 13.1 Å². The quantitative estimate of drug-likeness (QED) is 0.730. The molecular formula is C10H12FN3O2S. The predicted octanol–water partition coefficient (Wildman–Crippen LogP) is 0.0755. The molecule has 1 rings (SSSR count). The van der Waals surface area contributed by atoms with Crippen molar-refractivity contribution < 1.29 is 12.8 Å². The number of nitrogens with two attached hydrogens (primary N) is 1. The van der Waals surface area contributed by atoms with E-state index >= 15 is 0 Å². The third kappa shape index (κ3) is 4.91. The molecule has 3 N–H and O–H groups in total. The van der Waals surface area contributed by atoms with E-state index in [1.165, 1.54) is 18.2 Å². The highest BCUT2D eigenvalue weighted by atomic mass is 32.2. The summed E-state index contributed by atoms with van der Waals surface area (Å²) < 4.78 is 34.2. The van der Waals surface area contributed by atoms with E-state index in [1.807, 2.05) is 0 Å². The number of primary sulfonamides is 1. The average molecular weight is 257 g/mol. The fourth-order valence-electron chi connectivity index (χ4n) is 1.22. The Hall–Kier alpha value is -1.49. The molecule has 5 nitrogen and oxygen atoms in total. The number of halogens is 1. The monoisotopic (exact) mass is 257 g/mol. The molecule has 0 aromatic heterocycles. The van der Waals surface area contributed by atoms with Crippen LogP contribution in [0.5, 0.6) is 0 Å². The number of sulfonamides is 1. The van der Waals surface area contributed by atoms with Crippen molar-refractivity contribution in [3.8, 4) is 6.07 Å². The molecule has 0 spiro atoms. The van der Waals surface area contributed by atoms with Gasteiger partial charge in [0.15, 0.2) is 0 Å². The minimum Gasteiger partial charge on any atom is -0.312 e. The molecule has 0 aliphatic rings. The van der Waals surface area contributed by atoms with Crippen molar-refractivity contribution in [3.05, 3.63) is 35.1 Å². The average Bonchev–Trinajstić information content (AvgIpc) is 2.25. The van der Waals surface area contributed by atoms with Crippen LogP contribution in [0.2, 0.25) is 0 Å². The van der Waals surface area contributed by atoms with Crippen molar-refractivity contribution in [2.24, 2.45) is 5.14 Å². The third-order valence-electron chi connectivity index (χ3n) is 2.04. The van der Waals surface area contributed by atoms with E-state index < -0.39 is 15.8 Å². The molecule has 0 fully saturated rings. The van der Waals surface area contributed by atoms with Gasteiger partial charge in [-0.1, -0.05) is 6.07 Å². The Morgan fingerprint density at radius 3 is 2.76 bits per heavy atom.